The highest BCUT2D eigenvalue weighted by Gasteiger charge is 2.00. The summed E-state index contributed by atoms with van der Waals surface area (Å²) in [7, 11) is 0. The Hall–Kier alpha value is -0.340. The summed E-state index contributed by atoms with van der Waals surface area (Å²) >= 11 is 7.17. The first-order chi connectivity index (χ1) is 8.83. The summed E-state index contributed by atoms with van der Waals surface area (Å²) in [5.41, 5.74) is 0. The molecule has 0 spiro atoms. The molecule has 0 aromatic heterocycles. The fraction of sp³-hybridized carbons (Fsp3) is 0.562. The number of rotatable bonds is 9. The van der Waals surface area contributed by atoms with Crippen LogP contribution in [0.4, 0.5) is 0 Å². The molecule has 0 amide bonds. The third-order valence-corrected chi connectivity index (χ3v) is 4.35. The Bertz CT molecular complexity index is 319. The minimum absolute atomic E-state index is 1.09. The van der Waals surface area contributed by atoms with Gasteiger partial charge in [0, 0.05) is 4.90 Å². The monoisotopic (exact) mass is 280 g/mol. The van der Waals surface area contributed by atoms with Crippen LogP contribution in [0.3, 0.4) is 0 Å². The first-order valence-electron chi connectivity index (χ1n) is 7.08. The first-order valence-corrected chi connectivity index (χ1v) is 8.31. The van der Waals surface area contributed by atoms with E-state index in [1.807, 2.05) is 6.07 Å². The fourth-order valence-electron chi connectivity index (χ4n) is 1.90. The molecule has 1 aromatic rings. The molecule has 18 heavy (non-hydrogen) atoms. The van der Waals surface area contributed by atoms with Crippen LogP contribution in [0.25, 0.3) is 0 Å². The molecule has 0 nitrogen and oxygen atoms in total. The van der Waals surface area contributed by atoms with E-state index in [1.54, 1.807) is 11.8 Å². The second-order valence-electron chi connectivity index (χ2n) is 4.66. The van der Waals surface area contributed by atoms with Crippen LogP contribution in [-0.4, -0.2) is 4.20 Å². The highest BCUT2D eigenvalue weighted by molar-refractivity contribution is 8.23. The van der Waals surface area contributed by atoms with Crippen LogP contribution in [0, 0.1) is 0 Å². The SMILES string of the molecule is CCCCCCCCCC(=S)Sc1ccccc1. The molecule has 0 unspecified atom stereocenters. The van der Waals surface area contributed by atoms with Crippen molar-refractivity contribution in [3.05, 3.63) is 30.3 Å². The summed E-state index contributed by atoms with van der Waals surface area (Å²) in [6.45, 7) is 2.26. The maximum atomic E-state index is 5.42. The number of benzene rings is 1. The highest BCUT2D eigenvalue weighted by Crippen LogP contribution is 2.22. The van der Waals surface area contributed by atoms with Crippen molar-refractivity contribution in [2.45, 2.75) is 63.2 Å². The van der Waals surface area contributed by atoms with E-state index in [9.17, 15) is 0 Å². The van der Waals surface area contributed by atoms with E-state index in [0.29, 0.717) is 0 Å². The Balaban J connectivity index is 2.00. The van der Waals surface area contributed by atoms with Crippen molar-refractivity contribution in [3.63, 3.8) is 0 Å². The summed E-state index contributed by atoms with van der Waals surface area (Å²) in [6.07, 6.45) is 10.6. The van der Waals surface area contributed by atoms with Gasteiger partial charge in [0.15, 0.2) is 0 Å². The van der Waals surface area contributed by atoms with Crippen molar-refractivity contribution >= 4 is 28.2 Å². The molecule has 0 fully saturated rings. The van der Waals surface area contributed by atoms with Crippen molar-refractivity contribution in [1.29, 1.82) is 0 Å². The first kappa shape index (κ1) is 15.7. The summed E-state index contributed by atoms with van der Waals surface area (Å²) < 4.78 is 1.13. The zero-order chi connectivity index (χ0) is 13.1. The maximum Gasteiger partial charge on any atom is 0.0527 e. The van der Waals surface area contributed by atoms with E-state index in [-0.39, 0.29) is 0 Å². The minimum Gasteiger partial charge on any atom is -0.0828 e. The van der Waals surface area contributed by atoms with Crippen LogP contribution in [-0.2, 0) is 0 Å². The van der Waals surface area contributed by atoms with Crippen molar-refractivity contribution in [2.24, 2.45) is 0 Å². The molecule has 0 radical (unpaired) electrons. The Labute approximate surface area is 122 Å². The summed E-state index contributed by atoms with van der Waals surface area (Å²) in [5.74, 6) is 0. The number of unbranched alkanes of at least 4 members (excludes halogenated alkanes) is 6. The fourth-order valence-corrected chi connectivity index (χ4v) is 3.13. The van der Waals surface area contributed by atoms with Crippen LogP contribution in [0.5, 0.6) is 0 Å². The molecule has 0 aliphatic heterocycles. The maximum absolute atomic E-state index is 5.42. The number of thioether (sulfide) groups is 1. The standard InChI is InChI=1S/C16H24S2/c1-2-3-4-5-6-7-11-14-16(17)18-15-12-9-8-10-13-15/h8-10,12-13H,2-7,11,14H2,1H3. The quantitative estimate of drug-likeness (QED) is 0.298. The second kappa shape index (κ2) is 10.6. The normalized spacial score (nSPS) is 10.5. The smallest absolute Gasteiger partial charge is 0.0527 e. The van der Waals surface area contributed by atoms with E-state index in [1.165, 1.54) is 49.8 Å². The lowest BCUT2D eigenvalue weighted by Gasteiger charge is -2.04. The summed E-state index contributed by atoms with van der Waals surface area (Å²) in [4.78, 5) is 1.27. The van der Waals surface area contributed by atoms with Gasteiger partial charge in [0.05, 0.1) is 4.20 Å². The van der Waals surface area contributed by atoms with Crippen LogP contribution in [0.2, 0.25) is 0 Å². The average Bonchev–Trinajstić information content (AvgIpc) is 2.39. The van der Waals surface area contributed by atoms with Crippen molar-refractivity contribution in [2.75, 3.05) is 0 Å². The molecular formula is C16H24S2. The lowest BCUT2D eigenvalue weighted by Crippen LogP contribution is -1.89. The molecular weight excluding hydrogens is 256 g/mol. The molecule has 0 saturated heterocycles. The molecule has 0 atom stereocenters. The lowest BCUT2D eigenvalue weighted by molar-refractivity contribution is 0.596. The largest absolute Gasteiger partial charge is 0.0828 e. The predicted octanol–water partition coefficient (Wildman–Crippen LogP) is 6.25. The van der Waals surface area contributed by atoms with Gasteiger partial charge in [0.2, 0.25) is 0 Å². The predicted molar refractivity (Wildman–Crippen MR) is 87.5 cm³/mol. The van der Waals surface area contributed by atoms with Gasteiger partial charge in [-0.2, -0.15) is 0 Å². The Morgan fingerprint density at radius 2 is 1.56 bits per heavy atom. The van der Waals surface area contributed by atoms with E-state index in [2.05, 4.69) is 31.2 Å². The number of hydrogen-bond donors (Lipinski definition) is 0. The van der Waals surface area contributed by atoms with E-state index >= 15 is 0 Å². The molecule has 0 N–H and O–H groups in total. The van der Waals surface area contributed by atoms with Gasteiger partial charge in [-0.1, -0.05) is 87.6 Å². The number of thiocarbonyl (C=S) groups is 1. The van der Waals surface area contributed by atoms with Crippen LogP contribution in [0.15, 0.2) is 35.2 Å². The topological polar surface area (TPSA) is 0 Å². The zero-order valence-electron chi connectivity index (χ0n) is 11.4. The third-order valence-electron chi connectivity index (χ3n) is 2.96. The molecule has 2 heteroatoms. The summed E-state index contributed by atoms with van der Waals surface area (Å²) in [6, 6.07) is 10.4. The van der Waals surface area contributed by atoms with Gasteiger partial charge in [-0.05, 0) is 25.0 Å². The average molecular weight is 281 g/mol. The molecule has 0 bridgehead atoms. The van der Waals surface area contributed by atoms with Gasteiger partial charge in [-0.3, -0.25) is 0 Å². The molecule has 0 aliphatic carbocycles. The van der Waals surface area contributed by atoms with Crippen LogP contribution in [0.1, 0.15) is 58.3 Å². The Morgan fingerprint density at radius 3 is 2.22 bits per heavy atom. The van der Waals surface area contributed by atoms with Crippen LogP contribution < -0.4 is 0 Å². The summed E-state index contributed by atoms with van der Waals surface area (Å²) in [5, 5.41) is 0. The van der Waals surface area contributed by atoms with Gasteiger partial charge in [-0.25, -0.2) is 0 Å². The van der Waals surface area contributed by atoms with Crippen molar-refractivity contribution < 1.29 is 0 Å². The second-order valence-corrected chi connectivity index (χ2v) is 6.58. The Kier molecular flexibility index (Phi) is 9.23. The van der Waals surface area contributed by atoms with Gasteiger partial charge >= 0.3 is 0 Å². The minimum atomic E-state index is 1.09. The molecule has 1 aromatic carbocycles. The Morgan fingerprint density at radius 1 is 0.944 bits per heavy atom. The van der Waals surface area contributed by atoms with Gasteiger partial charge in [0.1, 0.15) is 0 Å². The molecule has 0 saturated carbocycles. The van der Waals surface area contributed by atoms with Crippen molar-refractivity contribution in [1.82, 2.24) is 0 Å². The number of hydrogen-bond acceptors (Lipinski definition) is 2. The lowest BCUT2D eigenvalue weighted by atomic mass is 10.1. The molecule has 1 rings (SSSR count). The molecule has 0 aliphatic rings. The van der Waals surface area contributed by atoms with E-state index < -0.39 is 0 Å². The van der Waals surface area contributed by atoms with E-state index in [0.717, 1.165) is 10.6 Å². The van der Waals surface area contributed by atoms with Crippen molar-refractivity contribution in [3.8, 4) is 0 Å². The van der Waals surface area contributed by atoms with Gasteiger partial charge < -0.3 is 0 Å². The zero-order valence-corrected chi connectivity index (χ0v) is 13.0. The highest BCUT2D eigenvalue weighted by atomic mass is 32.2. The van der Waals surface area contributed by atoms with Gasteiger partial charge in [0.25, 0.3) is 0 Å². The third kappa shape index (κ3) is 7.88. The van der Waals surface area contributed by atoms with Crippen LogP contribution >= 0.6 is 24.0 Å². The van der Waals surface area contributed by atoms with Gasteiger partial charge in [-0.15, -0.1) is 0 Å². The molecule has 0 heterocycles. The van der Waals surface area contributed by atoms with E-state index in [4.69, 9.17) is 12.2 Å². The molecule has 100 valence electrons.